The summed E-state index contributed by atoms with van der Waals surface area (Å²) in [5.41, 5.74) is 1.41. The minimum atomic E-state index is -0.257. The number of amides is 1. The first kappa shape index (κ1) is 25.3. The van der Waals surface area contributed by atoms with Crippen LogP contribution in [0.1, 0.15) is 25.3 Å². The van der Waals surface area contributed by atoms with E-state index in [1.165, 1.54) is 6.08 Å². The molecule has 8 heteroatoms. The molecule has 0 atom stereocenters. The highest BCUT2D eigenvalue weighted by Crippen LogP contribution is 2.28. The normalized spacial score (nSPS) is 14.9. The highest BCUT2D eigenvalue weighted by Gasteiger charge is 2.25. The molecule has 33 heavy (non-hydrogen) atoms. The molecule has 0 aliphatic carbocycles. The van der Waals surface area contributed by atoms with E-state index in [1.807, 2.05) is 31.2 Å². The first-order valence-electron chi connectivity index (χ1n) is 11.0. The van der Waals surface area contributed by atoms with Gasteiger partial charge in [0.15, 0.2) is 0 Å². The molecule has 1 amide bonds. The van der Waals surface area contributed by atoms with Crippen LogP contribution in [-0.4, -0.2) is 49.6 Å². The van der Waals surface area contributed by atoms with Gasteiger partial charge in [-0.2, -0.15) is 0 Å². The van der Waals surface area contributed by atoms with Crippen molar-refractivity contribution in [3.05, 3.63) is 63.6 Å². The molecule has 1 aliphatic rings. The van der Waals surface area contributed by atoms with Gasteiger partial charge < -0.3 is 14.8 Å². The van der Waals surface area contributed by atoms with E-state index < -0.39 is 0 Å². The SMILES string of the molecule is CCOC(=O)C1CCN(CCOc2cc(NC(=O)/C=C/c3ccccc3Cl)ccc2Br)CC1. The van der Waals surface area contributed by atoms with Gasteiger partial charge in [0.1, 0.15) is 12.4 Å². The average molecular weight is 536 g/mol. The highest BCUT2D eigenvalue weighted by atomic mass is 79.9. The van der Waals surface area contributed by atoms with Crippen molar-refractivity contribution < 1.29 is 19.1 Å². The van der Waals surface area contributed by atoms with Crippen molar-refractivity contribution in [2.45, 2.75) is 19.8 Å². The molecule has 0 saturated carbocycles. The van der Waals surface area contributed by atoms with Crippen LogP contribution < -0.4 is 10.1 Å². The van der Waals surface area contributed by atoms with Crippen LogP contribution in [-0.2, 0) is 14.3 Å². The molecule has 6 nitrogen and oxygen atoms in total. The molecule has 1 fully saturated rings. The van der Waals surface area contributed by atoms with Gasteiger partial charge in [0.25, 0.3) is 0 Å². The number of piperidine rings is 1. The molecular formula is C25H28BrClN2O4. The summed E-state index contributed by atoms with van der Waals surface area (Å²) >= 11 is 9.61. The summed E-state index contributed by atoms with van der Waals surface area (Å²) in [6, 6.07) is 12.8. The zero-order valence-electron chi connectivity index (χ0n) is 18.6. The van der Waals surface area contributed by atoms with Crippen LogP contribution in [0.15, 0.2) is 53.0 Å². The number of nitrogens with zero attached hydrogens (tertiary/aromatic N) is 1. The molecule has 0 spiro atoms. The molecule has 2 aromatic rings. The van der Waals surface area contributed by atoms with E-state index in [0.29, 0.717) is 29.7 Å². The number of ether oxygens (including phenoxy) is 2. The van der Waals surface area contributed by atoms with E-state index in [1.54, 1.807) is 24.3 Å². The fraction of sp³-hybridized carbons (Fsp3) is 0.360. The molecule has 1 heterocycles. The Morgan fingerprint density at radius 3 is 2.70 bits per heavy atom. The Bertz CT molecular complexity index is 990. The number of hydrogen-bond donors (Lipinski definition) is 1. The first-order valence-corrected chi connectivity index (χ1v) is 12.2. The van der Waals surface area contributed by atoms with Crippen LogP contribution in [0.25, 0.3) is 6.08 Å². The standard InChI is InChI=1S/C25H28BrClN2O4/c1-2-32-25(31)19-11-13-29(14-12-19)15-16-33-23-17-20(8-9-21(23)26)28-24(30)10-7-18-5-3-4-6-22(18)27/h3-10,17,19H,2,11-16H2,1H3,(H,28,30)/b10-7+. The number of rotatable bonds is 9. The predicted octanol–water partition coefficient (Wildman–Crippen LogP) is 5.41. The topological polar surface area (TPSA) is 67.9 Å². The smallest absolute Gasteiger partial charge is 0.309 e. The van der Waals surface area contributed by atoms with Crippen LogP contribution in [0.2, 0.25) is 5.02 Å². The Morgan fingerprint density at radius 1 is 1.21 bits per heavy atom. The van der Waals surface area contributed by atoms with E-state index >= 15 is 0 Å². The van der Waals surface area contributed by atoms with Crippen molar-refractivity contribution in [3.63, 3.8) is 0 Å². The number of carbonyl (C=O) groups is 2. The van der Waals surface area contributed by atoms with E-state index in [4.69, 9.17) is 21.1 Å². The van der Waals surface area contributed by atoms with Crippen molar-refractivity contribution in [1.82, 2.24) is 4.90 Å². The minimum absolute atomic E-state index is 0.00326. The highest BCUT2D eigenvalue weighted by molar-refractivity contribution is 9.10. The van der Waals surface area contributed by atoms with Crippen molar-refractivity contribution in [2.24, 2.45) is 5.92 Å². The Hall–Kier alpha value is -2.35. The lowest BCUT2D eigenvalue weighted by Gasteiger charge is -2.30. The van der Waals surface area contributed by atoms with Gasteiger partial charge in [0.05, 0.1) is 17.0 Å². The van der Waals surface area contributed by atoms with Gasteiger partial charge >= 0.3 is 5.97 Å². The fourth-order valence-corrected chi connectivity index (χ4v) is 4.15. The number of likely N-dealkylation sites (tertiary alicyclic amines) is 1. The number of anilines is 1. The third kappa shape index (κ3) is 7.88. The summed E-state index contributed by atoms with van der Waals surface area (Å²) in [4.78, 5) is 26.4. The Morgan fingerprint density at radius 2 is 1.97 bits per heavy atom. The van der Waals surface area contributed by atoms with E-state index in [2.05, 4.69) is 26.1 Å². The lowest BCUT2D eigenvalue weighted by molar-refractivity contribution is -0.149. The Balaban J connectivity index is 1.47. The van der Waals surface area contributed by atoms with E-state index in [9.17, 15) is 9.59 Å². The maximum atomic E-state index is 12.3. The van der Waals surface area contributed by atoms with Crippen molar-refractivity contribution >= 4 is 51.2 Å². The summed E-state index contributed by atoms with van der Waals surface area (Å²) in [7, 11) is 0. The van der Waals surface area contributed by atoms with Gasteiger partial charge in [-0.15, -0.1) is 0 Å². The summed E-state index contributed by atoms with van der Waals surface area (Å²) in [5, 5.41) is 3.43. The zero-order chi connectivity index (χ0) is 23.6. The summed E-state index contributed by atoms with van der Waals surface area (Å²) in [6.45, 7) is 5.23. The summed E-state index contributed by atoms with van der Waals surface area (Å²) in [6.07, 6.45) is 4.75. The molecule has 2 aromatic carbocycles. The molecule has 1 saturated heterocycles. The van der Waals surface area contributed by atoms with Crippen molar-refractivity contribution in [2.75, 3.05) is 38.2 Å². The summed E-state index contributed by atoms with van der Waals surface area (Å²) in [5.74, 6) is 0.318. The summed E-state index contributed by atoms with van der Waals surface area (Å²) < 4.78 is 11.9. The number of halogens is 2. The molecule has 0 unspecified atom stereocenters. The van der Waals surface area contributed by atoms with Crippen LogP contribution in [0.5, 0.6) is 5.75 Å². The van der Waals surface area contributed by atoms with Gasteiger partial charge in [-0.1, -0.05) is 29.8 Å². The average Bonchev–Trinajstić information content (AvgIpc) is 2.81. The van der Waals surface area contributed by atoms with Crippen molar-refractivity contribution in [1.29, 1.82) is 0 Å². The molecule has 1 N–H and O–H groups in total. The van der Waals surface area contributed by atoms with Gasteiger partial charge in [-0.3, -0.25) is 14.5 Å². The molecule has 0 radical (unpaired) electrons. The van der Waals surface area contributed by atoms with Gasteiger partial charge in [0, 0.05) is 29.4 Å². The molecular weight excluding hydrogens is 508 g/mol. The largest absolute Gasteiger partial charge is 0.491 e. The van der Waals surface area contributed by atoms with Crippen LogP contribution in [0.4, 0.5) is 5.69 Å². The molecule has 176 valence electrons. The second kappa shape index (κ2) is 12.8. The zero-order valence-corrected chi connectivity index (χ0v) is 20.9. The minimum Gasteiger partial charge on any atom is -0.491 e. The number of hydrogen-bond acceptors (Lipinski definition) is 5. The van der Waals surface area contributed by atoms with E-state index in [0.717, 1.165) is 42.5 Å². The first-order chi connectivity index (χ1) is 16.0. The van der Waals surface area contributed by atoms with Crippen LogP contribution in [0.3, 0.4) is 0 Å². The molecule has 3 rings (SSSR count). The van der Waals surface area contributed by atoms with Crippen molar-refractivity contribution in [3.8, 4) is 5.75 Å². The maximum absolute atomic E-state index is 12.3. The third-order valence-corrected chi connectivity index (χ3v) is 6.39. The second-order valence-electron chi connectivity index (χ2n) is 7.71. The van der Waals surface area contributed by atoms with Gasteiger partial charge in [-0.25, -0.2) is 0 Å². The fourth-order valence-electron chi connectivity index (χ4n) is 3.59. The number of benzene rings is 2. The maximum Gasteiger partial charge on any atom is 0.309 e. The van der Waals surface area contributed by atoms with Crippen LogP contribution >= 0.6 is 27.5 Å². The third-order valence-electron chi connectivity index (χ3n) is 5.39. The Kier molecular flexibility index (Phi) is 9.78. The molecule has 0 aromatic heterocycles. The molecule has 1 aliphatic heterocycles. The van der Waals surface area contributed by atoms with Crippen LogP contribution in [0, 0.1) is 5.92 Å². The predicted molar refractivity (Wildman–Crippen MR) is 135 cm³/mol. The van der Waals surface area contributed by atoms with Gasteiger partial charge in [0.2, 0.25) is 5.91 Å². The Labute approximate surface area is 208 Å². The lowest BCUT2D eigenvalue weighted by Crippen LogP contribution is -2.39. The quantitative estimate of drug-likeness (QED) is 0.344. The number of nitrogens with one attached hydrogen (secondary N) is 1. The van der Waals surface area contributed by atoms with E-state index in [-0.39, 0.29) is 17.8 Å². The molecule has 0 bridgehead atoms. The monoisotopic (exact) mass is 534 g/mol. The lowest BCUT2D eigenvalue weighted by atomic mass is 9.97. The second-order valence-corrected chi connectivity index (χ2v) is 8.97. The van der Waals surface area contributed by atoms with Gasteiger partial charge in [-0.05, 0) is 78.6 Å². The number of esters is 1. The number of carbonyl (C=O) groups excluding carboxylic acids is 2.